The zero-order valence-corrected chi connectivity index (χ0v) is 14.6. The molecular weight excluding hydrogens is 324 g/mol. The monoisotopic (exact) mass is 344 g/mol. The fourth-order valence-corrected chi connectivity index (χ4v) is 2.57. The summed E-state index contributed by atoms with van der Waals surface area (Å²) < 4.78 is 2.16. The Kier molecular flexibility index (Phi) is 5.93. The quantitative estimate of drug-likeness (QED) is 0.771. The highest BCUT2D eigenvalue weighted by molar-refractivity contribution is 5.93. The van der Waals surface area contributed by atoms with Gasteiger partial charge in [-0.05, 0) is 50.1 Å². The number of hydrogen-bond donors (Lipinski definition) is 1. The Bertz CT molecular complexity index is 814. The SMILES string of the molecule is CC(C)n1cnc2cc(CCNC(=O)c3ccncc3)ccc21.Cl. The van der Waals surface area contributed by atoms with Crippen molar-refractivity contribution in [2.24, 2.45) is 0 Å². The van der Waals surface area contributed by atoms with Gasteiger partial charge in [0.15, 0.2) is 0 Å². The van der Waals surface area contributed by atoms with Crippen LogP contribution in [0.25, 0.3) is 11.0 Å². The molecule has 3 aromatic rings. The third-order valence-corrected chi connectivity index (χ3v) is 3.84. The number of halogens is 1. The van der Waals surface area contributed by atoms with E-state index < -0.39 is 0 Å². The molecule has 0 fully saturated rings. The predicted molar refractivity (Wildman–Crippen MR) is 97.6 cm³/mol. The zero-order chi connectivity index (χ0) is 16.2. The van der Waals surface area contributed by atoms with Gasteiger partial charge in [-0.25, -0.2) is 4.98 Å². The molecule has 0 aliphatic carbocycles. The Morgan fingerprint density at radius 1 is 1.21 bits per heavy atom. The van der Waals surface area contributed by atoms with Gasteiger partial charge in [-0.1, -0.05) is 6.07 Å². The Hall–Kier alpha value is -2.40. The second-order valence-corrected chi connectivity index (χ2v) is 5.81. The van der Waals surface area contributed by atoms with Crippen molar-refractivity contribution < 1.29 is 4.79 Å². The van der Waals surface area contributed by atoms with E-state index in [0.717, 1.165) is 17.5 Å². The summed E-state index contributed by atoms with van der Waals surface area (Å²) in [5.74, 6) is -0.0717. The molecule has 0 spiro atoms. The molecule has 24 heavy (non-hydrogen) atoms. The number of hydrogen-bond acceptors (Lipinski definition) is 3. The molecule has 0 aliphatic heterocycles. The van der Waals surface area contributed by atoms with E-state index in [9.17, 15) is 4.79 Å². The van der Waals surface area contributed by atoms with Crippen LogP contribution in [0.1, 0.15) is 35.8 Å². The van der Waals surface area contributed by atoms with Gasteiger partial charge in [0.1, 0.15) is 0 Å². The molecule has 5 nitrogen and oxygen atoms in total. The summed E-state index contributed by atoms with van der Waals surface area (Å²) in [4.78, 5) is 20.3. The molecular formula is C18H21ClN4O. The standard InChI is InChI=1S/C18H20N4O.ClH/c1-13(2)22-12-21-16-11-14(3-4-17(16)22)5-10-20-18(23)15-6-8-19-9-7-15;/h3-4,6-9,11-13H,5,10H2,1-2H3,(H,20,23);1H. The first-order chi connectivity index (χ1) is 11.1. The number of carbonyl (C=O) groups is 1. The molecule has 2 aromatic heterocycles. The molecule has 0 saturated carbocycles. The summed E-state index contributed by atoms with van der Waals surface area (Å²) in [7, 11) is 0. The second-order valence-electron chi connectivity index (χ2n) is 5.81. The third-order valence-electron chi connectivity index (χ3n) is 3.84. The predicted octanol–water partition coefficient (Wildman–Crippen LogP) is 3.41. The van der Waals surface area contributed by atoms with Crippen LogP contribution >= 0.6 is 12.4 Å². The molecule has 0 unspecified atom stereocenters. The summed E-state index contributed by atoms with van der Waals surface area (Å²) in [6.07, 6.45) is 5.90. The van der Waals surface area contributed by atoms with Crippen molar-refractivity contribution in [2.45, 2.75) is 26.3 Å². The van der Waals surface area contributed by atoms with Crippen LogP contribution in [0.5, 0.6) is 0 Å². The van der Waals surface area contributed by atoms with E-state index in [4.69, 9.17) is 0 Å². The van der Waals surface area contributed by atoms with Gasteiger partial charge in [0.05, 0.1) is 17.4 Å². The van der Waals surface area contributed by atoms with Crippen LogP contribution < -0.4 is 5.32 Å². The Morgan fingerprint density at radius 2 is 1.96 bits per heavy atom. The lowest BCUT2D eigenvalue weighted by atomic mass is 10.1. The summed E-state index contributed by atoms with van der Waals surface area (Å²) in [5.41, 5.74) is 3.94. The zero-order valence-electron chi connectivity index (χ0n) is 13.8. The van der Waals surface area contributed by atoms with E-state index in [-0.39, 0.29) is 18.3 Å². The Balaban J connectivity index is 0.00000208. The number of nitrogens with one attached hydrogen (secondary N) is 1. The molecule has 1 amide bonds. The van der Waals surface area contributed by atoms with Crippen molar-refractivity contribution in [1.82, 2.24) is 19.9 Å². The molecule has 0 saturated heterocycles. The van der Waals surface area contributed by atoms with E-state index in [1.807, 2.05) is 6.33 Å². The first-order valence-corrected chi connectivity index (χ1v) is 7.79. The molecule has 0 bridgehead atoms. The number of rotatable bonds is 5. The molecule has 0 atom stereocenters. The van der Waals surface area contributed by atoms with Crippen LogP contribution in [0.4, 0.5) is 0 Å². The maximum absolute atomic E-state index is 12.0. The van der Waals surface area contributed by atoms with Gasteiger partial charge in [-0.2, -0.15) is 0 Å². The fourth-order valence-electron chi connectivity index (χ4n) is 2.57. The topological polar surface area (TPSA) is 59.8 Å². The molecule has 126 valence electrons. The van der Waals surface area contributed by atoms with Crippen molar-refractivity contribution in [3.8, 4) is 0 Å². The van der Waals surface area contributed by atoms with Gasteiger partial charge in [0, 0.05) is 30.5 Å². The fraction of sp³-hybridized carbons (Fsp3) is 0.278. The van der Waals surface area contributed by atoms with E-state index in [1.165, 1.54) is 5.56 Å². The molecule has 3 rings (SSSR count). The van der Waals surface area contributed by atoms with E-state index in [2.05, 4.69) is 51.9 Å². The number of carbonyl (C=O) groups excluding carboxylic acids is 1. The highest BCUT2D eigenvalue weighted by Crippen LogP contribution is 2.18. The van der Waals surface area contributed by atoms with E-state index in [1.54, 1.807) is 24.5 Å². The van der Waals surface area contributed by atoms with E-state index in [0.29, 0.717) is 18.2 Å². The largest absolute Gasteiger partial charge is 0.352 e. The van der Waals surface area contributed by atoms with Crippen LogP contribution in [0.15, 0.2) is 49.1 Å². The van der Waals surface area contributed by atoms with Crippen LogP contribution in [-0.2, 0) is 6.42 Å². The molecule has 1 N–H and O–H groups in total. The minimum Gasteiger partial charge on any atom is -0.352 e. The van der Waals surface area contributed by atoms with Crippen molar-refractivity contribution in [2.75, 3.05) is 6.54 Å². The summed E-state index contributed by atoms with van der Waals surface area (Å²) in [5, 5.41) is 2.93. The highest BCUT2D eigenvalue weighted by atomic mass is 35.5. The van der Waals surface area contributed by atoms with Gasteiger partial charge in [0.25, 0.3) is 5.91 Å². The van der Waals surface area contributed by atoms with Gasteiger partial charge in [0.2, 0.25) is 0 Å². The first-order valence-electron chi connectivity index (χ1n) is 7.79. The smallest absolute Gasteiger partial charge is 0.251 e. The van der Waals surface area contributed by atoms with Crippen molar-refractivity contribution in [3.05, 3.63) is 60.2 Å². The van der Waals surface area contributed by atoms with E-state index >= 15 is 0 Å². The lowest BCUT2D eigenvalue weighted by molar-refractivity contribution is 0.0954. The molecule has 0 aliphatic rings. The van der Waals surface area contributed by atoms with Gasteiger partial charge < -0.3 is 9.88 Å². The Morgan fingerprint density at radius 3 is 2.67 bits per heavy atom. The molecule has 1 aromatic carbocycles. The van der Waals surface area contributed by atoms with Crippen LogP contribution in [-0.4, -0.2) is 27.0 Å². The average molecular weight is 345 g/mol. The Labute approximate surface area is 147 Å². The molecule has 2 heterocycles. The van der Waals surface area contributed by atoms with Crippen LogP contribution in [0.3, 0.4) is 0 Å². The number of pyridine rings is 1. The number of nitrogens with zero attached hydrogens (tertiary/aromatic N) is 3. The van der Waals surface area contributed by atoms with Crippen LogP contribution in [0, 0.1) is 0 Å². The molecule has 6 heteroatoms. The first kappa shape index (κ1) is 17.9. The van der Waals surface area contributed by atoms with Gasteiger partial charge in [-0.15, -0.1) is 12.4 Å². The normalized spacial score (nSPS) is 10.6. The summed E-state index contributed by atoms with van der Waals surface area (Å²) >= 11 is 0. The van der Waals surface area contributed by atoms with Crippen molar-refractivity contribution >= 4 is 29.3 Å². The maximum Gasteiger partial charge on any atom is 0.251 e. The number of amides is 1. The minimum atomic E-state index is -0.0717. The third kappa shape index (κ3) is 3.92. The molecule has 0 radical (unpaired) electrons. The average Bonchev–Trinajstić information content (AvgIpc) is 2.99. The number of aromatic nitrogens is 3. The lowest BCUT2D eigenvalue weighted by Crippen LogP contribution is -2.25. The summed E-state index contributed by atoms with van der Waals surface area (Å²) in [6.45, 7) is 4.88. The number of imidazole rings is 1. The van der Waals surface area contributed by atoms with Gasteiger partial charge >= 0.3 is 0 Å². The number of benzene rings is 1. The second kappa shape index (κ2) is 7.93. The van der Waals surface area contributed by atoms with Gasteiger partial charge in [-0.3, -0.25) is 9.78 Å². The van der Waals surface area contributed by atoms with Crippen LogP contribution in [0.2, 0.25) is 0 Å². The van der Waals surface area contributed by atoms with Crippen molar-refractivity contribution in [3.63, 3.8) is 0 Å². The lowest BCUT2D eigenvalue weighted by Gasteiger charge is -2.08. The summed E-state index contributed by atoms with van der Waals surface area (Å²) in [6, 6.07) is 10.1. The number of fused-ring (bicyclic) bond motifs is 1. The minimum absolute atomic E-state index is 0. The highest BCUT2D eigenvalue weighted by Gasteiger charge is 2.07. The van der Waals surface area contributed by atoms with Crippen molar-refractivity contribution in [1.29, 1.82) is 0 Å². The maximum atomic E-state index is 12.0.